The number of benzene rings is 2. The summed E-state index contributed by atoms with van der Waals surface area (Å²) < 4.78 is 14.2. The van der Waals surface area contributed by atoms with Gasteiger partial charge in [0, 0.05) is 42.5 Å². The fourth-order valence-electron chi connectivity index (χ4n) is 5.54. The van der Waals surface area contributed by atoms with E-state index >= 15 is 0 Å². The molecule has 0 spiro atoms. The van der Waals surface area contributed by atoms with E-state index in [2.05, 4.69) is 15.2 Å². The first kappa shape index (κ1) is 27.6. The third-order valence-corrected chi connectivity index (χ3v) is 8.25. The molecule has 2 amide bonds. The molecule has 204 valence electrons. The molecule has 0 radical (unpaired) electrons. The second-order valence-electron chi connectivity index (χ2n) is 10.3. The zero-order valence-corrected chi connectivity index (χ0v) is 23.1. The Bertz CT molecular complexity index is 1280. The Morgan fingerprint density at radius 1 is 0.949 bits per heavy atom. The van der Waals surface area contributed by atoms with Crippen molar-refractivity contribution in [1.29, 1.82) is 0 Å². The number of likely N-dealkylation sites (tertiary alicyclic amines) is 2. The second-order valence-corrected chi connectivity index (χ2v) is 11.1. The van der Waals surface area contributed by atoms with Crippen molar-refractivity contribution < 1.29 is 14.0 Å². The lowest BCUT2D eigenvalue weighted by molar-refractivity contribution is -0.138. The predicted octanol–water partition coefficient (Wildman–Crippen LogP) is 6.40. The number of carbonyl (C=O) groups is 2. The first-order chi connectivity index (χ1) is 18.9. The fraction of sp³-hybridized carbons (Fsp3) is 0.367. The quantitative estimate of drug-likeness (QED) is 0.373. The van der Waals surface area contributed by atoms with Crippen LogP contribution in [0.2, 0.25) is 10.0 Å². The van der Waals surface area contributed by atoms with Crippen LogP contribution < -0.4 is 5.32 Å². The number of nitrogens with one attached hydrogen (secondary N) is 1. The summed E-state index contributed by atoms with van der Waals surface area (Å²) in [5.41, 5.74) is 2.55. The zero-order valence-electron chi connectivity index (χ0n) is 21.6. The summed E-state index contributed by atoms with van der Waals surface area (Å²) in [4.78, 5) is 34.6. The number of halogens is 3. The van der Waals surface area contributed by atoms with E-state index in [9.17, 15) is 14.0 Å². The van der Waals surface area contributed by atoms with Gasteiger partial charge in [-0.25, -0.2) is 4.39 Å². The van der Waals surface area contributed by atoms with Crippen molar-refractivity contribution in [3.63, 3.8) is 0 Å². The van der Waals surface area contributed by atoms with Gasteiger partial charge in [-0.15, -0.1) is 0 Å². The summed E-state index contributed by atoms with van der Waals surface area (Å²) in [5.74, 6) is -0.656. The lowest BCUT2D eigenvalue weighted by Gasteiger charge is -2.37. The molecule has 39 heavy (non-hydrogen) atoms. The maximum Gasteiger partial charge on any atom is 0.260 e. The standard InChI is InChI=1S/C30H31Cl2FN4O2/c31-23-17-26(32)28(27(33)18-23)29(38)35-24-6-4-20(5-7-24)21-10-15-37(16-11-21)30(39)22-8-13-36(14-9-22)19-25-3-1-2-12-34-25/h1-7,12,17-18,21-22H,8-11,13-16,19H2,(H,35,38). The molecule has 9 heteroatoms. The van der Waals surface area contributed by atoms with Gasteiger partial charge in [-0.05, 0) is 86.7 Å². The number of carbonyl (C=O) groups excluding carboxylic acids is 2. The topological polar surface area (TPSA) is 65.5 Å². The van der Waals surface area contributed by atoms with Crippen molar-refractivity contribution in [2.45, 2.75) is 38.1 Å². The molecule has 2 aromatic carbocycles. The van der Waals surface area contributed by atoms with Gasteiger partial charge < -0.3 is 10.2 Å². The van der Waals surface area contributed by atoms with E-state index in [1.807, 2.05) is 53.6 Å². The third kappa shape index (κ3) is 6.78. The predicted molar refractivity (Wildman–Crippen MR) is 152 cm³/mol. The highest BCUT2D eigenvalue weighted by Gasteiger charge is 2.31. The molecular weight excluding hydrogens is 538 g/mol. The van der Waals surface area contributed by atoms with Gasteiger partial charge in [0.15, 0.2) is 0 Å². The van der Waals surface area contributed by atoms with E-state index in [0.29, 0.717) is 11.6 Å². The molecule has 2 saturated heterocycles. The van der Waals surface area contributed by atoms with Gasteiger partial charge in [0.05, 0.1) is 16.3 Å². The van der Waals surface area contributed by atoms with Gasteiger partial charge in [0.2, 0.25) is 5.91 Å². The molecule has 3 aromatic rings. The van der Waals surface area contributed by atoms with Gasteiger partial charge in [-0.2, -0.15) is 0 Å². The number of amides is 2. The average Bonchev–Trinajstić information content (AvgIpc) is 2.94. The van der Waals surface area contributed by atoms with Gasteiger partial charge in [-0.3, -0.25) is 19.5 Å². The molecule has 2 aliphatic heterocycles. The number of piperidine rings is 2. The van der Waals surface area contributed by atoms with Gasteiger partial charge in [0.25, 0.3) is 5.91 Å². The molecule has 2 aliphatic rings. The maximum atomic E-state index is 14.2. The third-order valence-electron chi connectivity index (χ3n) is 7.73. The summed E-state index contributed by atoms with van der Waals surface area (Å²) in [6, 6.07) is 16.0. The number of nitrogens with zero attached hydrogens (tertiary/aromatic N) is 3. The van der Waals surface area contributed by atoms with Crippen molar-refractivity contribution in [1.82, 2.24) is 14.8 Å². The van der Waals surface area contributed by atoms with Gasteiger partial charge in [-0.1, -0.05) is 41.4 Å². The number of aromatic nitrogens is 1. The summed E-state index contributed by atoms with van der Waals surface area (Å²) in [6.07, 6.45) is 5.42. The summed E-state index contributed by atoms with van der Waals surface area (Å²) in [7, 11) is 0. The number of hydrogen-bond donors (Lipinski definition) is 1. The largest absolute Gasteiger partial charge is 0.342 e. The molecule has 6 nitrogen and oxygen atoms in total. The molecular formula is C30H31Cl2FN4O2. The Morgan fingerprint density at radius 2 is 1.67 bits per heavy atom. The van der Waals surface area contributed by atoms with Crippen LogP contribution in [0.5, 0.6) is 0 Å². The Labute approximate surface area is 238 Å². The van der Waals surface area contributed by atoms with Crippen molar-refractivity contribution in [2.75, 3.05) is 31.5 Å². The molecule has 3 heterocycles. The van der Waals surface area contributed by atoms with E-state index in [1.54, 1.807) is 0 Å². The van der Waals surface area contributed by atoms with Crippen LogP contribution in [0.3, 0.4) is 0 Å². The lowest BCUT2D eigenvalue weighted by Crippen LogP contribution is -2.45. The molecule has 1 aromatic heterocycles. The Kier molecular flexibility index (Phi) is 8.80. The highest BCUT2D eigenvalue weighted by Crippen LogP contribution is 2.31. The minimum atomic E-state index is -0.766. The zero-order chi connectivity index (χ0) is 27.4. The fourth-order valence-corrected chi connectivity index (χ4v) is 6.10. The summed E-state index contributed by atoms with van der Waals surface area (Å²) in [5, 5.41) is 2.79. The van der Waals surface area contributed by atoms with Crippen LogP contribution in [0.1, 0.15) is 53.2 Å². The van der Waals surface area contributed by atoms with E-state index in [-0.39, 0.29) is 27.4 Å². The summed E-state index contributed by atoms with van der Waals surface area (Å²) in [6.45, 7) is 4.18. The number of pyridine rings is 1. The normalized spacial score (nSPS) is 17.3. The molecule has 5 rings (SSSR count). The van der Waals surface area contributed by atoms with Crippen molar-refractivity contribution >= 4 is 40.7 Å². The van der Waals surface area contributed by atoms with E-state index in [4.69, 9.17) is 23.2 Å². The van der Waals surface area contributed by atoms with Crippen LogP contribution in [0.15, 0.2) is 60.8 Å². The maximum absolute atomic E-state index is 14.2. The Morgan fingerprint density at radius 3 is 2.31 bits per heavy atom. The first-order valence-electron chi connectivity index (χ1n) is 13.3. The smallest absolute Gasteiger partial charge is 0.260 e. The number of rotatable bonds is 6. The van der Waals surface area contributed by atoms with Crippen LogP contribution in [0, 0.1) is 11.7 Å². The SMILES string of the molecule is O=C(Nc1ccc(C2CCN(C(=O)C3CCN(Cc4ccccn4)CC3)CC2)cc1)c1c(F)cc(Cl)cc1Cl. The van der Waals surface area contributed by atoms with E-state index in [1.165, 1.54) is 11.6 Å². The van der Waals surface area contributed by atoms with Gasteiger partial charge in [0.1, 0.15) is 5.82 Å². The minimum Gasteiger partial charge on any atom is -0.342 e. The average molecular weight is 570 g/mol. The van der Waals surface area contributed by atoms with E-state index < -0.39 is 11.7 Å². The molecule has 2 fully saturated rings. The van der Waals surface area contributed by atoms with Crippen LogP contribution in [0.25, 0.3) is 0 Å². The molecule has 0 atom stereocenters. The molecule has 0 unspecified atom stereocenters. The van der Waals surface area contributed by atoms with Crippen LogP contribution >= 0.6 is 23.2 Å². The lowest BCUT2D eigenvalue weighted by atomic mass is 9.88. The van der Waals surface area contributed by atoms with Crippen molar-refractivity contribution in [2.24, 2.45) is 5.92 Å². The molecule has 0 aliphatic carbocycles. The number of anilines is 1. The second kappa shape index (κ2) is 12.5. The summed E-state index contributed by atoms with van der Waals surface area (Å²) >= 11 is 11.8. The van der Waals surface area contributed by atoms with Crippen molar-refractivity contribution in [3.8, 4) is 0 Å². The molecule has 0 saturated carbocycles. The van der Waals surface area contributed by atoms with Crippen LogP contribution in [-0.4, -0.2) is 52.8 Å². The minimum absolute atomic E-state index is 0.0366. The monoisotopic (exact) mass is 568 g/mol. The van der Waals surface area contributed by atoms with Crippen LogP contribution in [0.4, 0.5) is 10.1 Å². The van der Waals surface area contributed by atoms with Crippen molar-refractivity contribution in [3.05, 3.63) is 93.5 Å². The first-order valence-corrected chi connectivity index (χ1v) is 14.1. The molecule has 0 bridgehead atoms. The van der Waals surface area contributed by atoms with Gasteiger partial charge >= 0.3 is 0 Å². The number of hydrogen-bond acceptors (Lipinski definition) is 4. The Balaban J connectivity index is 1.09. The molecule has 1 N–H and O–H groups in total. The van der Waals surface area contributed by atoms with E-state index in [0.717, 1.165) is 70.2 Å². The highest BCUT2D eigenvalue weighted by molar-refractivity contribution is 6.37. The van der Waals surface area contributed by atoms with Crippen LogP contribution in [-0.2, 0) is 11.3 Å². The Hall–Kier alpha value is -3.00. The highest BCUT2D eigenvalue weighted by atomic mass is 35.5.